The largest absolute Gasteiger partial charge is 0.478 e. The van der Waals surface area contributed by atoms with E-state index < -0.39 is 5.97 Å². The summed E-state index contributed by atoms with van der Waals surface area (Å²) >= 11 is 0. The molecule has 0 radical (unpaired) electrons. The normalized spacial score (nSPS) is 10.6. The quantitative estimate of drug-likeness (QED) is 0.464. The van der Waals surface area contributed by atoms with E-state index in [0.29, 0.717) is 24.3 Å². The number of nitrogen functional groups attached to an aromatic ring is 1. The lowest BCUT2D eigenvalue weighted by molar-refractivity contribution is -0.143. The third-order valence-corrected chi connectivity index (χ3v) is 2.49. The highest BCUT2D eigenvalue weighted by molar-refractivity contribution is 5.85. The van der Waals surface area contributed by atoms with Gasteiger partial charge >= 0.3 is 11.9 Å². The van der Waals surface area contributed by atoms with Gasteiger partial charge in [0.25, 0.3) is 0 Å². The van der Waals surface area contributed by atoms with Crippen molar-refractivity contribution in [1.82, 2.24) is 0 Å². The molecule has 0 fully saturated rings. The number of carbonyl (C=O) groups excluding carboxylic acids is 1. The van der Waals surface area contributed by atoms with Gasteiger partial charge in [-0.15, -0.1) is 0 Å². The highest BCUT2D eigenvalue weighted by Gasteiger charge is 2.05. The van der Waals surface area contributed by atoms with Gasteiger partial charge in [-0.05, 0) is 36.6 Å². The maximum atomic E-state index is 11.2. The van der Waals surface area contributed by atoms with Gasteiger partial charge in [-0.3, -0.25) is 4.79 Å². The van der Waals surface area contributed by atoms with Gasteiger partial charge in [0.2, 0.25) is 0 Å². The van der Waals surface area contributed by atoms with Gasteiger partial charge in [-0.2, -0.15) is 0 Å². The molecule has 0 atom stereocenters. The maximum absolute atomic E-state index is 11.2. The van der Waals surface area contributed by atoms with Gasteiger partial charge in [0.1, 0.15) is 0 Å². The predicted octanol–water partition coefficient (Wildman–Crippen LogP) is 1.86. The van der Waals surface area contributed by atoms with E-state index >= 15 is 0 Å². The lowest BCUT2D eigenvalue weighted by Crippen LogP contribution is -2.06. The van der Waals surface area contributed by atoms with Crippen LogP contribution in [0.25, 0.3) is 6.08 Å². The average Bonchev–Trinajstić information content (AvgIpc) is 2.35. The van der Waals surface area contributed by atoms with Crippen molar-refractivity contribution >= 4 is 23.7 Å². The number of nitrogens with two attached hydrogens (primary N) is 1. The van der Waals surface area contributed by atoms with Crippen LogP contribution in [0.3, 0.4) is 0 Å². The highest BCUT2D eigenvalue weighted by atomic mass is 16.5. The maximum Gasteiger partial charge on any atom is 0.328 e. The van der Waals surface area contributed by atoms with Crippen molar-refractivity contribution in [3.05, 3.63) is 35.4 Å². The van der Waals surface area contributed by atoms with Crippen molar-refractivity contribution in [2.24, 2.45) is 0 Å². The molecule has 0 saturated heterocycles. The number of esters is 1. The standard InChI is InChI=1S/C14H17NO4/c1-2-19-14(18)8-6-11-5-3-10(9-12(11)15)4-7-13(16)17/h3-5,7,9H,2,6,8,15H2,1H3,(H,16,17)/b7-4+. The number of benzene rings is 1. The Hall–Kier alpha value is -2.30. The van der Waals surface area contributed by atoms with Gasteiger partial charge in [0.15, 0.2) is 0 Å². The molecule has 1 aromatic carbocycles. The number of aliphatic carboxylic acids is 1. The summed E-state index contributed by atoms with van der Waals surface area (Å²) in [6.07, 6.45) is 3.30. The van der Waals surface area contributed by atoms with Crippen LogP contribution in [0.15, 0.2) is 24.3 Å². The summed E-state index contributed by atoms with van der Waals surface area (Å²) in [6.45, 7) is 2.13. The fourth-order valence-electron chi connectivity index (χ4n) is 1.58. The molecule has 5 heteroatoms. The minimum Gasteiger partial charge on any atom is -0.478 e. The Bertz CT molecular complexity index is 494. The molecule has 19 heavy (non-hydrogen) atoms. The Morgan fingerprint density at radius 3 is 2.74 bits per heavy atom. The molecule has 0 spiro atoms. The first-order valence-corrected chi connectivity index (χ1v) is 5.98. The first-order valence-electron chi connectivity index (χ1n) is 5.98. The monoisotopic (exact) mass is 263 g/mol. The average molecular weight is 263 g/mol. The summed E-state index contributed by atoms with van der Waals surface area (Å²) in [6, 6.07) is 5.23. The van der Waals surface area contributed by atoms with Crippen LogP contribution in [0, 0.1) is 0 Å². The number of ether oxygens (including phenoxy) is 1. The molecule has 1 aromatic rings. The van der Waals surface area contributed by atoms with Crippen LogP contribution in [0.4, 0.5) is 5.69 Å². The minimum absolute atomic E-state index is 0.253. The first-order chi connectivity index (χ1) is 9.02. The summed E-state index contributed by atoms with van der Waals surface area (Å²) in [5, 5.41) is 8.53. The summed E-state index contributed by atoms with van der Waals surface area (Å²) in [5.74, 6) is -1.26. The fourth-order valence-corrected chi connectivity index (χ4v) is 1.58. The van der Waals surface area contributed by atoms with Crippen LogP contribution < -0.4 is 5.73 Å². The molecule has 0 aliphatic heterocycles. The van der Waals surface area contributed by atoms with Crippen molar-refractivity contribution in [1.29, 1.82) is 0 Å². The molecule has 0 heterocycles. The van der Waals surface area contributed by atoms with Crippen molar-refractivity contribution < 1.29 is 19.4 Å². The molecule has 0 unspecified atom stereocenters. The Kier molecular flexibility index (Phi) is 5.60. The molecule has 0 aliphatic carbocycles. The second-order valence-corrected chi connectivity index (χ2v) is 3.93. The summed E-state index contributed by atoms with van der Waals surface area (Å²) < 4.78 is 4.84. The van der Waals surface area contributed by atoms with Gasteiger partial charge in [0, 0.05) is 18.2 Å². The number of aryl methyl sites for hydroxylation is 1. The second kappa shape index (κ2) is 7.20. The zero-order chi connectivity index (χ0) is 14.3. The zero-order valence-corrected chi connectivity index (χ0v) is 10.8. The van der Waals surface area contributed by atoms with Crippen molar-refractivity contribution in [3.8, 4) is 0 Å². The minimum atomic E-state index is -1.01. The van der Waals surface area contributed by atoms with E-state index in [1.54, 1.807) is 25.1 Å². The number of anilines is 1. The fraction of sp³-hybridized carbons (Fsp3) is 0.286. The van der Waals surface area contributed by atoms with Crippen molar-refractivity contribution in [3.63, 3.8) is 0 Å². The second-order valence-electron chi connectivity index (χ2n) is 3.93. The van der Waals surface area contributed by atoms with E-state index in [1.165, 1.54) is 6.08 Å². The molecule has 0 bridgehead atoms. The molecule has 0 saturated carbocycles. The van der Waals surface area contributed by atoms with Crippen LogP contribution in [0.2, 0.25) is 0 Å². The SMILES string of the molecule is CCOC(=O)CCc1ccc(/C=C/C(=O)O)cc1N. The molecule has 0 aromatic heterocycles. The Balaban J connectivity index is 2.67. The number of hydrogen-bond donors (Lipinski definition) is 2. The summed E-state index contributed by atoms with van der Waals surface area (Å²) in [5.41, 5.74) is 7.95. The molecule has 102 valence electrons. The lowest BCUT2D eigenvalue weighted by Gasteiger charge is -2.06. The number of carboxylic acids is 1. The Labute approximate surface area is 111 Å². The van der Waals surface area contributed by atoms with Crippen LogP contribution in [0.5, 0.6) is 0 Å². The van der Waals surface area contributed by atoms with Crippen LogP contribution in [-0.2, 0) is 20.7 Å². The van der Waals surface area contributed by atoms with E-state index in [1.807, 2.05) is 0 Å². The Morgan fingerprint density at radius 2 is 2.16 bits per heavy atom. The molecule has 5 nitrogen and oxygen atoms in total. The molecular weight excluding hydrogens is 246 g/mol. The molecule has 1 rings (SSSR count). The summed E-state index contributed by atoms with van der Waals surface area (Å²) in [4.78, 5) is 21.6. The smallest absolute Gasteiger partial charge is 0.328 e. The third kappa shape index (κ3) is 5.25. The number of rotatable bonds is 6. The Morgan fingerprint density at radius 1 is 1.42 bits per heavy atom. The van der Waals surface area contributed by atoms with Gasteiger partial charge in [0.05, 0.1) is 6.61 Å². The zero-order valence-electron chi connectivity index (χ0n) is 10.8. The van der Waals surface area contributed by atoms with Crippen LogP contribution >= 0.6 is 0 Å². The number of hydrogen-bond acceptors (Lipinski definition) is 4. The van der Waals surface area contributed by atoms with E-state index in [2.05, 4.69) is 0 Å². The van der Waals surface area contributed by atoms with E-state index in [0.717, 1.165) is 11.6 Å². The topological polar surface area (TPSA) is 89.6 Å². The van der Waals surface area contributed by atoms with E-state index in [4.69, 9.17) is 15.6 Å². The van der Waals surface area contributed by atoms with Crippen molar-refractivity contribution in [2.45, 2.75) is 19.8 Å². The number of carbonyl (C=O) groups is 2. The summed E-state index contributed by atoms with van der Waals surface area (Å²) in [7, 11) is 0. The van der Waals surface area contributed by atoms with E-state index in [-0.39, 0.29) is 12.4 Å². The van der Waals surface area contributed by atoms with Gasteiger partial charge < -0.3 is 15.6 Å². The predicted molar refractivity (Wildman–Crippen MR) is 72.5 cm³/mol. The first kappa shape index (κ1) is 14.8. The lowest BCUT2D eigenvalue weighted by atomic mass is 10.0. The van der Waals surface area contributed by atoms with Gasteiger partial charge in [-0.1, -0.05) is 12.1 Å². The number of carboxylic acid groups (broad SMARTS) is 1. The molecule has 3 N–H and O–H groups in total. The van der Waals surface area contributed by atoms with Gasteiger partial charge in [-0.25, -0.2) is 4.79 Å². The third-order valence-electron chi connectivity index (χ3n) is 2.49. The van der Waals surface area contributed by atoms with Crippen molar-refractivity contribution in [2.75, 3.05) is 12.3 Å². The highest BCUT2D eigenvalue weighted by Crippen LogP contribution is 2.17. The van der Waals surface area contributed by atoms with Crippen LogP contribution in [0.1, 0.15) is 24.5 Å². The molecule has 0 aliphatic rings. The van der Waals surface area contributed by atoms with E-state index in [9.17, 15) is 9.59 Å². The van der Waals surface area contributed by atoms with Crippen LogP contribution in [-0.4, -0.2) is 23.7 Å². The molecular formula is C14H17NO4. The molecule has 0 amide bonds.